The lowest BCUT2D eigenvalue weighted by Crippen LogP contribution is -2.46. The molecule has 1 atom stereocenters. The maximum absolute atomic E-state index is 12.1. The van der Waals surface area contributed by atoms with Gasteiger partial charge in [0.05, 0.1) is 12.0 Å². The average molecular weight is 294 g/mol. The van der Waals surface area contributed by atoms with E-state index in [0.29, 0.717) is 0 Å². The van der Waals surface area contributed by atoms with E-state index >= 15 is 0 Å². The number of benzene rings is 1. The van der Waals surface area contributed by atoms with Crippen LogP contribution >= 0.6 is 0 Å². The van der Waals surface area contributed by atoms with E-state index in [1.807, 2.05) is 32.0 Å². The number of nitrogens with one attached hydrogen (secondary N) is 1. The maximum Gasteiger partial charge on any atom is 0.321 e. The number of nitrogens with zero attached hydrogens (tertiary/aromatic N) is 1. The topological polar surface area (TPSA) is 89.9 Å². The molecular weight excluding hydrogens is 272 g/mol. The van der Waals surface area contributed by atoms with Gasteiger partial charge in [0.15, 0.2) is 0 Å². The van der Waals surface area contributed by atoms with Crippen LogP contribution in [0.3, 0.4) is 0 Å². The molecule has 1 unspecified atom stereocenters. The Labute approximate surface area is 124 Å². The third-order valence-corrected chi connectivity index (χ3v) is 3.17. The minimum Gasteiger partial charge on any atom is -0.481 e. The van der Waals surface area contributed by atoms with Gasteiger partial charge in [0.2, 0.25) is 0 Å². The summed E-state index contributed by atoms with van der Waals surface area (Å²) in [6, 6.07) is 5.33. The normalized spacial score (nSPS) is 13.4. The van der Waals surface area contributed by atoms with Crippen molar-refractivity contribution >= 4 is 17.7 Å². The number of aliphatic hydroxyl groups is 1. The minimum absolute atomic E-state index is 0.132. The van der Waals surface area contributed by atoms with Crippen LogP contribution in [0.25, 0.3) is 0 Å². The van der Waals surface area contributed by atoms with Crippen LogP contribution in [0.4, 0.5) is 10.5 Å². The second-order valence-electron chi connectivity index (χ2n) is 5.58. The zero-order chi connectivity index (χ0) is 16.2. The van der Waals surface area contributed by atoms with Crippen molar-refractivity contribution in [2.75, 3.05) is 18.5 Å². The predicted octanol–water partition coefficient (Wildman–Crippen LogP) is 1.67. The number of aryl methyl sites for hydroxylation is 2. The Bertz CT molecular complexity index is 540. The molecule has 0 saturated heterocycles. The Morgan fingerprint density at radius 1 is 1.33 bits per heavy atom. The van der Waals surface area contributed by atoms with Crippen molar-refractivity contribution < 1.29 is 19.8 Å². The molecule has 0 spiro atoms. The number of carbonyl (C=O) groups is 2. The SMILES string of the molecule is Cc1ccc(N(C)C(=O)NCC(C)(O)CC(=O)O)c(C)c1. The van der Waals surface area contributed by atoms with Gasteiger partial charge < -0.3 is 15.5 Å². The summed E-state index contributed by atoms with van der Waals surface area (Å²) in [7, 11) is 1.62. The highest BCUT2D eigenvalue weighted by molar-refractivity contribution is 5.92. The number of carboxylic acids is 1. The lowest BCUT2D eigenvalue weighted by atomic mass is 10.0. The highest BCUT2D eigenvalue weighted by Crippen LogP contribution is 2.20. The number of rotatable bonds is 5. The number of anilines is 1. The molecule has 3 N–H and O–H groups in total. The van der Waals surface area contributed by atoms with E-state index < -0.39 is 24.0 Å². The van der Waals surface area contributed by atoms with Gasteiger partial charge in [0.1, 0.15) is 0 Å². The summed E-state index contributed by atoms with van der Waals surface area (Å²) in [6.07, 6.45) is -0.430. The molecule has 1 aromatic rings. The quantitative estimate of drug-likeness (QED) is 0.770. The van der Waals surface area contributed by atoms with Crippen molar-refractivity contribution in [1.29, 1.82) is 0 Å². The molecular formula is C15H22N2O4. The van der Waals surface area contributed by atoms with Gasteiger partial charge in [-0.15, -0.1) is 0 Å². The van der Waals surface area contributed by atoms with E-state index in [-0.39, 0.29) is 6.54 Å². The Hall–Kier alpha value is -2.08. The van der Waals surface area contributed by atoms with Crippen molar-refractivity contribution in [3.63, 3.8) is 0 Å². The first kappa shape index (κ1) is 17.0. The molecule has 116 valence electrons. The number of aliphatic carboxylic acids is 1. The van der Waals surface area contributed by atoms with E-state index in [9.17, 15) is 14.7 Å². The molecule has 2 amide bonds. The standard InChI is InChI=1S/C15H22N2O4/c1-10-5-6-12(11(2)7-10)17(4)14(20)16-9-15(3,21)8-13(18)19/h5-7,21H,8-9H2,1-4H3,(H,16,20)(H,18,19). The van der Waals surface area contributed by atoms with Crippen LogP contribution in [0.1, 0.15) is 24.5 Å². The second kappa shape index (κ2) is 6.58. The average Bonchev–Trinajstić information content (AvgIpc) is 2.33. The summed E-state index contributed by atoms with van der Waals surface area (Å²) in [5.41, 5.74) is 1.35. The largest absolute Gasteiger partial charge is 0.481 e. The molecule has 0 aromatic heterocycles. The summed E-state index contributed by atoms with van der Waals surface area (Å²) >= 11 is 0. The van der Waals surface area contributed by atoms with E-state index in [0.717, 1.165) is 16.8 Å². The van der Waals surface area contributed by atoms with Crippen LogP contribution in [0.15, 0.2) is 18.2 Å². The van der Waals surface area contributed by atoms with Gasteiger partial charge >= 0.3 is 12.0 Å². The first-order chi connectivity index (χ1) is 9.62. The predicted molar refractivity (Wildman–Crippen MR) is 80.6 cm³/mol. The number of hydrogen-bond acceptors (Lipinski definition) is 3. The Morgan fingerprint density at radius 3 is 2.48 bits per heavy atom. The van der Waals surface area contributed by atoms with E-state index in [1.54, 1.807) is 7.05 Å². The zero-order valence-corrected chi connectivity index (χ0v) is 12.8. The van der Waals surface area contributed by atoms with E-state index in [4.69, 9.17) is 5.11 Å². The molecule has 0 heterocycles. The third-order valence-electron chi connectivity index (χ3n) is 3.17. The van der Waals surface area contributed by atoms with Gasteiger partial charge in [0.25, 0.3) is 0 Å². The third kappa shape index (κ3) is 5.07. The highest BCUT2D eigenvalue weighted by Gasteiger charge is 2.25. The molecule has 0 radical (unpaired) electrons. The Kier molecular flexibility index (Phi) is 5.32. The monoisotopic (exact) mass is 294 g/mol. The van der Waals surface area contributed by atoms with Crippen LogP contribution in [-0.2, 0) is 4.79 Å². The highest BCUT2D eigenvalue weighted by atomic mass is 16.4. The molecule has 6 nitrogen and oxygen atoms in total. The number of amides is 2. The molecule has 0 aliphatic rings. The van der Waals surface area contributed by atoms with Gasteiger partial charge in [-0.3, -0.25) is 9.69 Å². The van der Waals surface area contributed by atoms with Crippen LogP contribution in [0.2, 0.25) is 0 Å². The molecule has 1 rings (SSSR count). The van der Waals surface area contributed by atoms with Crippen LogP contribution in [-0.4, -0.2) is 41.4 Å². The minimum atomic E-state index is -1.48. The Morgan fingerprint density at radius 2 is 1.95 bits per heavy atom. The van der Waals surface area contributed by atoms with Crippen molar-refractivity contribution in [2.45, 2.75) is 32.8 Å². The summed E-state index contributed by atoms with van der Waals surface area (Å²) < 4.78 is 0. The molecule has 0 aliphatic carbocycles. The van der Waals surface area contributed by atoms with Crippen LogP contribution in [0, 0.1) is 13.8 Å². The summed E-state index contributed by atoms with van der Waals surface area (Å²) in [5, 5.41) is 21.1. The van der Waals surface area contributed by atoms with E-state index in [2.05, 4.69) is 5.32 Å². The van der Waals surface area contributed by atoms with E-state index in [1.165, 1.54) is 11.8 Å². The van der Waals surface area contributed by atoms with Gasteiger partial charge in [-0.2, -0.15) is 0 Å². The van der Waals surface area contributed by atoms with Crippen LogP contribution in [0.5, 0.6) is 0 Å². The fourth-order valence-electron chi connectivity index (χ4n) is 2.06. The van der Waals surface area contributed by atoms with Gasteiger partial charge in [-0.25, -0.2) is 4.79 Å². The molecule has 6 heteroatoms. The second-order valence-corrected chi connectivity index (χ2v) is 5.58. The zero-order valence-electron chi connectivity index (χ0n) is 12.8. The van der Waals surface area contributed by atoms with Crippen molar-refractivity contribution in [3.05, 3.63) is 29.3 Å². The fourth-order valence-corrected chi connectivity index (χ4v) is 2.06. The number of carboxylic acid groups (broad SMARTS) is 1. The van der Waals surface area contributed by atoms with Gasteiger partial charge in [-0.1, -0.05) is 17.7 Å². The van der Waals surface area contributed by atoms with Gasteiger partial charge in [-0.05, 0) is 32.4 Å². The lowest BCUT2D eigenvalue weighted by Gasteiger charge is -2.25. The molecule has 0 saturated carbocycles. The molecule has 0 bridgehead atoms. The molecule has 0 aliphatic heterocycles. The maximum atomic E-state index is 12.1. The molecule has 21 heavy (non-hydrogen) atoms. The lowest BCUT2D eigenvalue weighted by molar-refractivity contribution is -0.141. The fraction of sp³-hybridized carbons (Fsp3) is 0.467. The number of hydrogen-bond donors (Lipinski definition) is 3. The number of carbonyl (C=O) groups excluding carboxylic acids is 1. The molecule has 1 aromatic carbocycles. The smallest absolute Gasteiger partial charge is 0.321 e. The van der Waals surface area contributed by atoms with Crippen molar-refractivity contribution in [3.8, 4) is 0 Å². The summed E-state index contributed by atoms with van der Waals surface area (Å²) in [5.74, 6) is -1.11. The van der Waals surface area contributed by atoms with Crippen molar-refractivity contribution in [2.24, 2.45) is 0 Å². The first-order valence-corrected chi connectivity index (χ1v) is 6.65. The summed E-state index contributed by atoms with van der Waals surface area (Å²) in [6.45, 7) is 5.12. The van der Waals surface area contributed by atoms with Crippen molar-refractivity contribution in [1.82, 2.24) is 5.32 Å². The summed E-state index contributed by atoms with van der Waals surface area (Å²) in [4.78, 5) is 24.1. The van der Waals surface area contributed by atoms with Crippen LogP contribution < -0.4 is 10.2 Å². The van der Waals surface area contributed by atoms with Gasteiger partial charge in [0, 0.05) is 19.3 Å². The Balaban J connectivity index is 2.69. The molecule has 0 fully saturated rings. The first-order valence-electron chi connectivity index (χ1n) is 6.65. The number of urea groups is 1.